The van der Waals surface area contributed by atoms with Crippen LogP contribution in [0.2, 0.25) is 0 Å². The summed E-state index contributed by atoms with van der Waals surface area (Å²) in [6, 6.07) is 7.81. The summed E-state index contributed by atoms with van der Waals surface area (Å²) in [5, 5.41) is 8.73. The fourth-order valence-electron chi connectivity index (χ4n) is 2.81. The molecule has 2 aromatic carbocycles. The van der Waals surface area contributed by atoms with Crippen LogP contribution in [0.3, 0.4) is 0 Å². The normalized spacial score (nSPS) is 10.5. The highest BCUT2D eigenvalue weighted by atomic mass is 16.5. The third-order valence-corrected chi connectivity index (χ3v) is 4.29. The lowest BCUT2D eigenvalue weighted by atomic mass is 9.88. The van der Waals surface area contributed by atoms with Crippen LogP contribution in [-0.2, 0) is 0 Å². The molecule has 0 unspecified atom stereocenters. The van der Waals surface area contributed by atoms with Crippen molar-refractivity contribution >= 4 is 5.71 Å². The van der Waals surface area contributed by atoms with Crippen molar-refractivity contribution in [1.29, 1.82) is 5.41 Å². The van der Waals surface area contributed by atoms with Gasteiger partial charge in [0, 0.05) is 11.1 Å². The predicted molar refractivity (Wildman–Crippen MR) is 90.9 cm³/mol. The van der Waals surface area contributed by atoms with Crippen LogP contribution in [0.15, 0.2) is 24.3 Å². The molecule has 0 heterocycles. The van der Waals surface area contributed by atoms with Gasteiger partial charge in [0.15, 0.2) is 11.5 Å². The lowest BCUT2D eigenvalue weighted by Gasteiger charge is -2.18. The van der Waals surface area contributed by atoms with Crippen molar-refractivity contribution in [2.45, 2.75) is 27.7 Å². The number of benzene rings is 2. The molecule has 0 atom stereocenters. The number of hydrogen-bond acceptors (Lipinski definition) is 3. The summed E-state index contributed by atoms with van der Waals surface area (Å²) in [5.74, 6) is 1.25. The highest BCUT2D eigenvalue weighted by molar-refractivity contribution is 6.14. The molecule has 0 fully saturated rings. The SMILES string of the molecule is COc1cccc(C(=N)c2c(C)c(C)cc(C)c2C)c1OC. The van der Waals surface area contributed by atoms with Crippen LogP contribution in [0.4, 0.5) is 0 Å². The maximum absolute atomic E-state index is 8.73. The van der Waals surface area contributed by atoms with Crippen molar-refractivity contribution in [1.82, 2.24) is 0 Å². The highest BCUT2D eigenvalue weighted by Gasteiger charge is 2.19. The largest absolute Gasteiger partial charge is 0.493 e. The first-order chi connectivity index (χ1) is 10.4. The first kappa shape index (κ1) is 16.1. The standard InChI is InChI=1S/C19H23NO2/c1-11-10-12(2)14(4)17(13(11)3)18(20)15-8-7-9-16(21-5)19(15)22-6/h7-10,20H,1-6H3. The van der Waals surface area contributed by atoms with E-state index in [0.29, 0.717) is 17.2 Å². The van der Waals surface area contributed by atoms with Gasteiger partial charge in [0.25, 0.3) is 0 Å². The monoisotopic (exact) mass is 297 g/mol. The van der Waals surface area contributed by atoms with E-state index in [0.717, 1.165) is 22.3 Å². The van der Waals surface area contributed by atoms with Crippen LogP contribution in [0, 0.1) is 33.1 Å². The Balaban J connectivity index is 2.69. The number of methoxy groups -OCH3 is 2. The molecule has 3 nitrogen and oxygen atoms in total. The molecule has 1 N–H and O–H groups in total. The quantitative estimate of drug-likeness (QED) is 0.852. The van der Waals surface area contributed by atoms with Crippen LogP contribution in [0.1, 0.15) is 33.4 Å². The second-order valence-electron chi connectivity index (χ2n) is 5.55. The van der Waals surface area contributed by atoms with Crippen LogP contribution in [0.25, 0.3) is 0 Å². The van der Waals surface area contributed by atoms with Gasteiger partial charge in [-0.15, -0.1) is 0 Å². The number of aryl methyl sites for hydroxylation is 2. The molecule has 2 rings (SSSR count). The molecular formula is C19H23NO2. The van der Waals surface area contributed by atoms with Gasteiger partial charge in [-0.25, -0.2) is 0 Å². The molecule has 0 aliphatic carbocycles. The molecule has 0 saturated heterocycles. The molecule has 0 radical (unpaired) electrons. The number of nitrogens with one attached hydrogen (secondary N) is 1. The molecule has 0 bridgehead atoms. The van der Waals surface area contributed by atoms with E-state index in [2.05, 4.69) is 33.8 Å². The Bertz CT molecular complexity index is 706. The van der Waals surface area contributed by atoms with E-state index in [1.54, 1.807) is 14.2 Å². The van der Waals surface area contributed by atoms with Crippen molar-refractivity contribution < 1.29 is 9.47 Å². The summed E-state index contributed by atoms with van der Waals surface area (Å²) < 4.78 is 10.8. The maximum Gasteiger partial charge on any atom is 0.170 e. The molecule has 0 aliphatic rings. The fraction of sp³-hybridized carbons (Fsp3) is 0.316. The second kappa shape index (κ2) is 6.22. The average molecular weight is 297 g/mol. The van der Waals surface area contributed by atoms with E-state index in [4.69, 9.17) is 14.9 Å². The van der Waals surface area contributed by atoms with E-state index in [-0.39, 0.29) is 0 Å². The lowest BCUT2D eigenvalue weighted by molar-refractivity contribution is 0.354. The lowest BCUT2D eigenvalue weighted by Crippen LogP contribution is -2.11. The molecule has 116 valence electrons. The number of rotatable bonds is 4. The van der Waals surface area contributed by atoms with Crippen LogP contribution >= 0.6 is 0 Å². The Labute approximate surface area is 132 Å². The highest BCUT2D eigenvalue weighted by Crippen LogP contribution is 2.34. The summed E-state index contributed by atoms with van der Waals surface area (Å²) >= 11 is 0. The summed E-state index contributed by atoms with van der Waals surface area (Å²) in [5.41, 5.74) is 6.87. The number of hydrogen-bond donors (Lipinski definition) is 1. The van der Waals surface area contributed by atoms with Gasteiger partial charge < -0.3 is 9.47 Å². The number of para-hydroxylation sites is 1. The molecule has 0 spiro atoms. The first-order valence-corrected chi connectivity index (χ1v) is 7.30. The van der Waals surface area contributed by atoms with E-state index < -0.39 is 0 Å². The topological polar surface area (TPSA) is 42.3 Å². The average Bonchev–Trinajstić information content (AvgIpc) is 2.52. The van der Waals surface area contributed by atoms with E-state index in [1.807, 2.05) is 18.2 Å². The van der Waals surface area contributed by atoms with Gasteiger partial charge in [-0.3, -0.25) is 5.41 Å². The van der Waals surface area contributed by atoms with Crippen molar-refractivity contribution in [3.8, 4) is 11.5 Å². The van der Waals surface area contributed by atoms with Gasteiger partial charge >= 0.3 is 0 Å². The summed E-state index contributed by atoms with van der Waals surface area (Å²) in [7, 11) is 3.22. The van der Waals surface area contributed by atoms with Crippen molar-refractivity contribution in [2.24, 2.45) is 0 Å². The zero-order valence-corrected chi connectivity index (χ0v) is 14.1. The van der Waals surface area contributed by atoms with Crippen molar-refractivity contribution in [2.75, 3.05) is 14.2 Å². The fourth-order valence-corrected chi connectivity index (χ4v) is 2.81. The van der Waals surface area contributed by atoms with Crippen LogP contribution < -0.4 is 9.47 Å². The molecular weight excluding hydrogens is 274 g/mol. The Kier molecular flexibility index (Phi) is 4.55. The Morgan fingerprint density at radius 2 is 1.50 bits per heavy atom. The van der Waals surface area contributed by atoms with Gasteiger partial charge in [0.05, 0.1) is 19.9 Å². The van der Waals surface area contributed by atoms with Crippen molar-refractivity contribution in [3.63, 3.8) is 0 Å². The zero-order valence-electron chi connectivity index (χ0n) is 14.1. The molecule has 0 saturated carbocycles. The third-order valence-electron chi connectivity index (χ3n) is 4.29. The van der Waals surface area contributed by atoms with Gasteiger partial charge in [-0.1, -0.05) is 12.1 Å². The van der Waals surface area contributed by atoms with Gasteiger partial charge in [0.2, 0.25) is 0 Å². The van der Waals surface area contributed by atoms with Gasteiger partial charge in [-0.05, 0) is 62.1 Å². The van der Waals surface area contributed by atoms with E-state index >= 15 is 0 Å². The molecule has 3 heteroatoms. The smallest absolute Gasteiger partial charge is 0.170 e. The van der Waals surface area contributed by atoms with Crippen molar-refractivity contribution in [3.05, 3.63) is 57.6 Å². The number of ether oxygens (including phenoxy) is 2. The van der Waals surface area contributed by atoms with Gasteiger partial charge in [0.1, 0.15) is 0 Å². The third kappa shape index (κ3) is 2.59. The van der Waals surface area contributed by atoms with Crippen LogP contribution in [0.5, 0.6) is 11.5 Å². The molecule has 0 amide bonds. The minimum Gasteiger partial charge on any atom is -0.493 e. The minimum absolute atomic E-state index is 0.470. The van der Waals surface area contributed by atoms with Crippen LogP contribution in [-0.4, -0.2) is 19.9 Å². The Hall–Kier alpha value is -2.29. The first-order valence-electron chi connectivity index (χ1n) is 7.30. The Morgan fingerprint density at radius 3 is 2.00 bits per heavy atom. The molecule has 22 heavy (non-hydrogen) atoms. The van der Waals surface area contributed by atoms with E-state index in [9.17, 15) is 0 Å². The summed E-state index contributed by atoms with van der Waals surface area (Å²) in [6.45, 7) is 8.30. The van der Waals surface area contributed by atoms with Gasteiger partial charge in [-0.2, -0.15) is 0 Å². The summed E-state index contributed by atoms with van der Waals surface area (Å²) in [6.07, 6.45) is 0. The molecule has 2 aromatic rings. The second-order valence-corrected chi connectivity index (χ2v) is 5.55. The Morgan fingerprint density at radius 1 is 0.909 bits per heavy atom. The summed E-state index contributed by atoms with van der Waals surface area (Å²) in [4.78, 5) is 0. The predicted octanol–water partition coefficient (Wildman–Crippen LogP) is 4.35. The molecule has 0 aromatic heterocycles. The van der Waals surface area contributed by atoms with E-state index in [1.165, 1.54) is 11.1 Å². The maximum atomic E-state index is 8.73. The minimum atomic E-state index is 0.470. The molecule has 0 aliphatic heterocycles. The zero-order chi connectivity index (χ0) is 16.4.